The number of rotatable bonds is 3. The molecule has 0 aliphatic carbocycles. The lowest BCUT2D eigenvalue weighted by Gasteiger charge is -2.26. The van der Waals surface area contributed by atoms with Crippen LogP contribution in [0.2, 0.25) is 0 Å². The second kappa shape index (κ2) is 5.29. The van der Waals surface area contributed by atoms with Crippen molar-refractivity contribution in [2.24, 2.45) is 0 Å². The van der Waals surface area contributed by atoms with Crippen molar-refractivity contribution in [1.82, 2.24) is 0 Å². The standard InChI is InChI=1S/C15H14O5S/c1-18-12-6-11-13(14(17)15(12)19-2)9(16)5-10(20-11)8-3-4-21-7-8/h3-4,6-7,10,17H,5H2,1-2H3. The first-order valence-electron chi connectivity index (χ1n) is 6.35. The molecule has 110 valence electrons. The highest BCUT2D eigenvalue weighted by Gasteiger charge is 2.33. The molecule has 0 bridgehead atoms. The number of phenolic OH excluding ortho intramolecular Hbond substituents is 1. The number of ether oxygens (including phenoxy) is 3. The van der Waals surface area contributed by atoms with E-state index in [0.717, 1.165) is 5.56 Å². The van der Waals surface area contributed by atoms with Crippen molar-refractivity contribution in [3.8, 4) is 23.0 Å². The number of thiophene rings is 1. The Morgan fingerprint density at radius 1 is 1.38 bits per heavy atom. The summed E-state index contributed by atoms with van der Waals surface area (Å²) < 4.78 is 16.1. The maximum Gasteiger partial charge on any atom is 0.204 e. The number of hydrogen-bond acceptors (Lipinski definition) is 6. The van der Waals surface area contributed by atoms with Crippen LogP contribution >= 0.6 is 11.3 Å². The molecule has 1 atom stereocenters. The molecule has 3 rings (SSSR count). The molecular weight excluding hydrogens is 292 g/mol. The molecule has 1 aromatic heterocycles. The number of phenols is 1. The Bertz CT molecular complexity index is 678. The lowest BCUT2D eigenvalue weighted by molar-refractivity contribution is 0.0843. The fourth-order valence-corrected chi connectivity index (χ4v) is 3.13. The van der Waals surface area contributed by atoms with Crippen molar-refractivity contribution in [3.05, 3.63) is 34.0 Å². The summed E-state index contributed by atoms with van der Waals surface area (Å²) in [5, 5.41) is 14.1. The lowest BCUT2D eigenvalue weighted by atomic mass is 9.96. The molecule has 1 aliphatic heterocycles. The molecule has 0 saturated carbocycles. The van der Waals surface area contributed by atoms with Gasteiger partial charge >= 0.3 is 0 Å². The molecular formula is C15H14O5S. The van der Waals surface area contributed by atoms with Gasteiger partial charge in [0.2, 0.25) is 5.75 Å². The molecule has 0 saturated heterocycles. The van der Waals surface area contributed by atoms with E-state index >= 15 is 0 Å². The van der Waals surface area contributed by atoms with Crippen LogP contribution in [0.1, 0.15) is 28.4 Å². The van der Waals surface area contributed by atoms with E-state index in [1.807, 2.05) is 16.8 Å². The Hall–Kier alpha value is -2.21. The predicted octanol–water partition coefficient (Wildman–Crippen LogP) is 3.18. The first-order valence-corrected chi connectivity index (χ1v) is 7.30. The van der Waals surface area contributed by atoms with Gasteiger partial charge in [-0.25, -0.2) is 0 Å². The highest BCUT2D eigenvalue weighted by Crippen LogP contribution is 2.48. The normalized spacial score (nSPS) is 17.0. The minimum Gasteiger partial charge on any atom is -0.504 e. The largest absolute Gasteiger partial charge is 0.504 e. The molecule has 1 unspecified atom stereocenters. The zero-order chi connectivity index (χ0) is 15.0. The molecule has 6 heteroatoms. The van der Waals surface area contributed by atoms with Crippen LogP contribution in [-0.4, -0.2) is 25.1 Å². The van der Waals surface area contributed by atoms with Gasteiger partial charge in [-0.2, -0.15) is 11.3 Å². The van der Waals surface area contributed by atoms with Gasteiger partial charge in [-0.1, -0.05) is 0 Å². The van der Waals surface area contributed by atoms with Crippen molar-refractivity contribution in [1.29, 1.82) is 0 Å². The minimum atomic E-state index is -0.339. The van der Waals surface area contributed by atoms with E-state index in [0.29, 0.717) is 11.5 Å². The molecule has 1 aromatic carbocycles. The summed E-state index contributed by atoms with van der Waals surface area (Å²) in [7, 11) is 2.87. The van der Waals surface area contributed by atoms with Gasteiger partial charge in [-0.3, -0.25) is 4.79 Å². The van der Waals surface area contributed by atoms with Crippen LogP contribution in [0.4, 0.5) is 0 Å². The smallest absolute Gasteiger partial charge is 0.204 e. The first-order chi connectivity index (χ1) is 10.2. The van der Waals surface area contributed by atoms with Crippen LogP contribution in [0.25, 0.3) is 0 Å². The summed E-state index contributed by atoms with van der Waals surface area (Å²) in [6.07, 6.45) is -0.152. The van der Waals surface area contributed by atoms with Crippen LogP contribution in [0, 0.1) is 0 Å². The Kier molecular flexibility index (Phi) is 3.47. The monoisotopic (exact) mass is 306 g/mol. The van der Waals surface area contributed by atoms with E-state index in [9.17, 15) is 9.90 Å². The maximum absolute atomic E-state index is 12.3. The van der Waals surface area contributed by atoms with E-state index < -0.39 is 0 Å². The molecule has 21 heavy (non-hydrogen) atoms. The zero-order valence-electron chi connectivity index (χ0n) is 11.6. The molecule has 0 spiro atoms. The van der Waals surface area contributed by atoms with Crippen LogP contribution in [-0.2, 0) is 0 Å². The minimum absolute atomic E-state index is 0.141. The summed E-state index contributed by atoms with van der Waals surface area (Å²) in [6, 6.07) is 3.50. The van der Waals surface area contributed by atoms with Crippen molar-refractivity contribution in [3.63, 3.8) is 0 Å². The van der Waals surface area contributed by atoms with E-state index in [2.05, 4.69) is 0 Å². The van der Waals surface area contributed by atoms with Crippen molar-refractivity contribution < 1.29 is 24.1 Å². The summed E-state index contributed by atoms with van der Waals surface area (Å²) in [5.41, 5.74) is 1.10. The van der Waals surface area contributed by atoms with Gasteiger partial charge in [-0.05, 0) is 16.8 Å². The highest BCUT2D eigenvalue weighted by molar-refractivity contribution is 7.07. The molecule has 2 aromatic rings. The number of aromatic hydroxyl groups is 1. The zero-order valence-corrected chi connectivity index (χ0v) is 12.4. The second-order valence-corrected chi connectivity index (χ2v) is 5.40. The molecule has 0 radical (unpaired) electrons. The third-order valence-electron chi connectivity index (χ3n) is 3.44. The second-order valence-electron chi connectivity index (χ2n) is 4.62. The van der Waals surface area contributed by atoms with Crippen molar-refractivity contribution in [2.45, 2.75) is 12.5 Å². The van der Waals surface area contributed by atoms with Crippen LogP contribution < -0.4 is 14.2 Å². The van der Waals surface area contributed by atoms with Gasteiger partial charge in [0.1, 0.15) is 17.4 Å². The Morgan fingerprint density at radius 2 is 2.19 bits per heavy atom. The summed E-state index contributed by atoms with van der Waals surface area (Å²) in [5.74, 6) is 0.374. The summed E-state index contributed by atoms with van der Waals surface area (Å²) >= 11 is 1.55. The predicted molar refractivity (Wildman–Crippen MR) is 77.8 cm³/mol. The molecule has 5 nitrogen and oxygen atoms in total. The van der Waals surface area contributed by atoms with E-state index in [1.165, 1.54) is 14.2 Å². The number of methoxy groups -OCH3 is 2. The maximum atomic E-state index is 12.3. The fourth-order valence-electron chi connectivity index (χ4n) is 2.42. The Labute approximate surface area is 125 Å². The number of carbonyl (C=O) groups excluding carboxylic acids is 1. The average molecular weight is 306 g/mol. The highest BCUT2D eigenvalue weighted by atomic mass is 32.1. The Morgan fingerprint density at radius 3 is 2.81 bits per heavy atom. The van der Waals surface area contributed by atoms with Gasteiger partial charge in [-0.15, -0.1) is 0 Å². The number of hydrogen-bond donors (Lipinski definition) is 1. The number of benzene rings is 1. The fraction of sp³-hybridized carbons (Fsp3) is 0.267. The summed E-state index contributed by atoms with van der Waals surface area (Å²) in [4.78, 5) is 12.3. The third kappa shape index (κ3) is 2.21. The van der Waals surface area contributed by atoms with Gasteiger partial charge in [0.25, 0.3) is 0 Å². The number of fused-ring (bicyclic) bond motifs is 1. The van der Waals surface area contributed by atoms with E-state index in [4.69, 9.17) is 14.2 Å². The van der Waals surface area contributed by atoms with Crippen LogP contribution in [0.15, 0.2) is 22.9 Å². The first kappa shape index (κ1) is 13.8. The Balaban J connectivity index is 2.08. The topological polar surface area (TPSA) is 65.0 Å². The number of Topliss-reactive ketones (excluding diaryl/α,β-unsaturated/α-hetero) is 1. The van der Waals surface area contributed by atoms with Gasteiger partial charge in [0.15, 0.2) is 17.3 Å². The van der Waals surface area contributed by atoms with Gasteiger partial charge in [0, 0.05) is 11.6 Å². The van der Waals surface area contributed by atoms with Crippen LogP contribution in [0.5, 0.6) is 23.0 Å². The van der Waals surface area contributed by atoms with E-state index in [-0.39, 0.29) is 35.4 Å². The average Bonchev–Trinajstić information content (AvgIpc) is 3.00. The quantitative estimate of drug-likeness (QED) is 0.943. The molecule has 0 amide bonds. The number of ketones is 1. The molecule has 0 fully saturated rings. The third-order valence-corrected chi connectivity index (χ3v) is 4.14. The van der Waals surface area contributed by atoms with Crippen LogP contribution in [0.3, 0.4) is 0 Å². The summed E-state index contributed by atoms with van der Waals surface area (Å²) in [6.45, 7) is 0. The lowest BCUT2D eigenvalue weighted by Crippen LogP contribution is -2.20. The van der Waals surface area contributed by atoms with Crippen molar-refractivity contribution in [2.75, 3.05) is 14.2 Å². The SMILES string of the molecule is COc1cc2c(c(O)c1OC)C(=O)CC(c1ccsc1)O2. The molecule has 1 N–H and O–H groups in total. The molecule has 2 heterocycles. The molecule has 1 aliphatic rings. The van der Waals surface area contributed by atoms with Gasteiger partial charge < -0.3 is 19.3 Å². The van der Waals surface area contributed by atoms with Crippen molar-refractivity contribution >= 4 is 17.1 Å². The number of carbonyl (C=O) groups is 1. The van der Waals surface area contributed by atoms with E-state index in [1.54, 1.807) is 17.4 Å². The van der Waals surface area contributed by atoms with Gasteiger partial charge in [0.05, 0.1) is 20.6 Å².